The molecule has 12 aromatic rings. The lowest BCUT2D eigenvalue weighted by atomic mass is 9.93. The Morgan fingerprint density at radius 2 is 0.804 bits per heavy atom. The minimum Gasteiger partial charge on any atom is -0.383 e. The zero-order valence-corrected chi connectivity index (χ0v) is 56.7. The largest absolute Gasteiger partial charge is 0.383 e. The van der Waals surface area contributed by atoms with Gasteiger partial charge in [-0.25, -0.2) is 53.1 Å². The first-order chi connectivity index (χ1) is 45.8. The van der Waals surface area contributed by atoms with Crippen LogP contribution in [0.25, 0.3) is 66.9 Å². The summed E-state index contributed by atoms with van der Waals surface area (Å²) in [6, 6.07) is 24.6. The SMILES string of the molecule is CC(C)n1nc(-c2ccc(CC(=O)Nc3cc(C(C)(C)C)on3)c(F)c2)c2c(N)ncnc21.CC(C)n1nc(-c2ccc(CC(=O)Nc3cc(C(C)(C)C)on3)cc2)c2c(N)ncnc21.CC(C)n1nc(-c2ccc(NC(=O)Nc3cc(C(C)(C)C)on3)cc2)c2c(N)ncnc21. The van der Waals surface area contributed by atoms with Gasteiger partial charge in [0.15, 0.2) is 34.4 Å². The fraction of sp³-hybridized carbons (Fsp3) is 0.338. The third kappa shape index (κ3) is 15.5. The van der Waals surface area contributed by atoms with Crippen molar-refractivity contribution in [1.29, 1.82) is 0 Å². The second kappa shape index (κ2) is 27.4. The van der Waals surface area contributed by atoms with Crippen molar-refractivity contribution in [3.8, 4) is 33.8 Å². The number of hydrogen-bond donors (Lipinski definition) is 7. The number of nitrogens with zero attached hydrogens (tertiary/aromatic N) is 15. The molecule has 0 spiro atoms. The number of amides is 4. The van der Waals surface area contributed by atoms with E-state index in [4.69, 9.17) is 41.0 Å². The van der Waals surface area contributed by atoms with Crippen molar-refractivity contribution in [3.05, 3.63) is 138 Å². The zero-order chi connectivity index (χ0) is 70.0. The van der Waals surface area contributed by atoms with E-state index in [2.05, 4.69) is 71.7 Å². The predicted molar refractivity (Wildman–Crippen MR) is 370 cm³/mol. The molecule has 0 saturated heterocycles. The van der Waals surface area contributed by atoms with Crippen LogP contribution in [0.2, 0.25) is 0 Å². The summed E-state index contributed by atoms with van der Waals surface area (Å²) in [4.78, 5) is 62.5. The molecule has 97 heavy (non-hydrogen) atoms. The number of nitrogens with one attached hydrogen (secondary N) is 4. The molecule has 12 rings (SSSR count). The Kier molecular flexibility index (Phi) is 19.3. The summed E-state index contributed by atoms with van der Waals surface area (Å²) in [6.07, 6.45) is 4.32. The van der Waals surface area contributed by atoms with E-state index in [0.29, 0.717) is 96.7 Å². The third-order valence-corrected chi connectivity index (χ3v) is 15.2. The van der Waals surface area contributed by atoms with Gasteiger partial charge in [0.2, 0.25) is 11.8 Å². The Hall–Kier alpha value is -11.5. The second-order valence-electron chi connectivity index (χ2n) is 27.1. The molecule has 0 fully saturated rings. The van der Waals surface area contributed by atoms with E-state index in [0.717, 1.165) is 27.8 Å². The molecule has 0 aliphatic carbocycles. The van der Waals surface area contributed by atoms with E-state index in [-0.39, 0.29) is 64.5 Å². The highest BCUT2D eigenvalue weighted by Crippen LogP contribution is 2.36. The summed E-state index contributed by atoms with van der Waals surface area (Å²) in [5.74, 6) is 3.05. The van der Waals surface area contributed by atoms with Crippen molar-refractivity contribution in [2.24, 2.45) is 0 Å². The first-order valence-electron chi connectivity index (χ1n) is 31.3. The van der Waals surface area contributed by atoms with Gasteiger partial charge in [-0.3, -0.25) is 14.9 Å². The highest BCUT2D eigenvalue weighted by molar-refractivity contribution is 6.02. The molecule has 0 saturated carbocycles. The van der Waals surface area contributed by atoms with Crippen LogP contribution >= 0.6 is 0 Å². The van der Waals surface area contributed by atoms with Gasteiger partial charge in [0.25, 0.3) is 0 Å². The summed E-state index contributed by atoms with van der Waals surface area (Å²) in [7, 11) is 0. The topological polar surface area (TPSA) is 386 Å². The third-order valence-electron chi connectivity index (χ3n) is 15.2. The van der Waals surface area contributed by atoms with Crippen LogP contribution in [0.1, 0.15) is 150 Å². The molecule has 9 aromatic heterocycles. The minimum atomic E-state index is -0.527. The quantitative estimate of drug-likeness (QED) is 0.0531. The summed E-state index contributed by atoms with van der Waals surface area (Å²) >= 11 is 0. The minimum absolute atomic E-state index is 0.0266. The van der Waals surface area contributed by atoms with E-state index < -0.39 is 17.8 Å². The number of aromatic nitrogens is 15. The summed E-state index contributed by atoms with van der Waals surface area (Å²) in [6.45, 7) is 30.1. The average molecular weight is 1320 g/mol. The lowest BCUT2D eigenvalue weighted by molar-refractivity contribution is -0.116. The van der Waals surface area contributed by atoms with E-state index in [1.165, 1.54) is 25.0 Å². The molecule has 0 aliphatic rings. The number of carbonyl (C=O) groups excluding carboxylic acids is 3. The van der Waals surface area contributed by atoms with E-state index in [1.807, 2.05) is 150 Å². The Bertz CT molecular complexity index is 4630. The summed E-state index contributed by atoms with van der Waals surface area (Å²) in [5.41, 5.74) is 25.6. The van der Waals surface area contributed by atoms with Gasteiger partial charge in [-0.15, -0.1) is 0 Å². The lowest BCUT2D eigenvalue weighted by Crippen LogP contribution is -2.19. The van der Waals surface area contributed by atoms with Gasteiger partial charge in [-0.2, -0.15) is 15.3 Å². The average Bonchev–Trinajstić information content (AvgIpc) is 1.64. The number of nitrogen functional groups attached to an aromatic ring is 3. The first kappa shape index (κ1) is 68.3. The number of anilines is 7. The van der Waals surface area contributed by atoms with Crippen LogP contribution in [0, 0.1) is 5.82 Å². The fourth-order valence-corrected chi connectivity index (χ4v) is 10.1. The highest BCUT2D eigenvalue weighted by atomic mass is 19.1. The van der Waals surface area contributed by atoms with Gasteiger partial charge in [0, 0.05) is 74.9 Å². The molecule has 0 aliphatic heterocycles. The summed E-state index contributed by atoms with van der Waals surface area (Å²) < 4.78 is 36.2. The van der Waals surface area contributed by atoms with Crippen LogP contribution in [0.4, 0.5) is 49.8 Å². The Labute approximate surface area is 557 Å². The van der Waals surface area contributed by atoms with Gasteiger partial charge >= 0.3 is 6.03 Å². The number of rotatable bonds is 14. The lowest BCUT2D eigenvalue weighted by Gasteiger charge is -2.12. The van der Waals surface area contributed by atoms with Crippen LogP contribution in [0.15, 0.2) is 117 Å². The number of benzene rings is 3. The summed E-state index contributed by atoms with van der Waals surface area (Å²) in [5, 5.41) is 38.6. The van der Waals surface area contributed by atoms with E-state index in [9.17, 15) is 18.8 Å². The van der Waals surface area contributed by atoms with Gasteiger partial charge in [-0.1, -0.05) is 126 Å². The number of fused-ring (bicyclic) bond motifs is 3. The van der Waals surface area contributed by atoms with Crippen LogP contribution in [0.3, 0.4) is 0 Å². The van der Waals surface area contributed by atoms with Crippen molar-refractivity contribution in [1.82, 2.24) is 74.7 Å². The number of carbonyl (C=O) groups is 3. The molecule has 3 aromatic carbocycles. The fourth-order valence-electron chi connectivity index (χ4n) is 10.1. The number of halogens is 1. The molecule has 0 bridgehead atoms. The predicted octanol–water partition coefficient (Wildman–Crippen LogP) is 13.0. The molecular weight excluding hydrogens is 1240 g/mol. The van der Waals surface area contributed by atoms with E-state index in [1.54, 1.807) is 47.1 Å². The van der Waals surface area contributed by atoms with Gasteiger partial charge < -0.3 is 46.7 Å². The molecular formula is C68H79FN22O6. The molecule has 9 heterocycles. The van der Waals surface area contributed by atoms with Gasteiger partial charge in [-0.05, 0) is 70.9 Å². The normalized spacial score (nSPS) is 11.9. The van der Waals surface area contributed by atoms with Crippen molar-refractivity contribution < 1.29 is 32.3 Å². The van der Waals surface area contributed by atoms with E-state index >= 15 is 0 Å². The zero-order valence-electron chi connectivity index (χ0n) is 56.7. The Morgan fingerprint density at radius 1 is 0.454 bits per heavy atom. The van der Waals surface area contributed by atoms with Crippen molar-refractivity contribution >= 4 is 91.5 Å². The first-order valence-corrected chi connectivity index (χ1v) is 31.3. The molecule has 0 radical (unpaired) electrons. The van der Waals surface area contributed by atoms with Gasteiger partial charge in [0.1, 0.15) is 76.6 Å². The van der Waals surface area contributed by atoms with Crippen LogP contribution in [-0.2, 0) is 38.7 Å². The monoisotopic (exact) mass is 1320 g/mol. The maximum Gasteiger partial charge on any atom is 0.324 e. The molecule has 504 valence electrons. The number of hydrogen-bond acceptors (Lipinski definition) is 21. The number of urea groups is 1. The van der Waals surface area contributed by atoms with Crippen molar-refractivity contribution in [2.45, 2.75) is 151 Å². The molecule has 0 unspecified atom stereocenters. The maximum atomic E-state index is 15.0. The highest BCUT2D eigenvalue weighted by Gasteiger charge is 2.26. The maximum absolute atomic E-state index is 15.0. The van der Waals surface area contributed by atoms with Crippen LogP contribution in [0.5, 0.6) is 0 Å². The molecule has 28 nitrogen and oxygen atoms in total. The Balaban J connectivity index is 0.000000158. The smallest absolute Gasteiger partial charge is 0.324 e. The molecule has 4 amide bonds. The van der Waals surface area contributed by atoms with Gasteiger partial charge in [0.05, 0.1) is 29.0 Å². The number of nitrogens with two attached hydrogens (primary N) is 3. The Morgan fingerprint density at radius 3 is 1.16 bits per heavy atom. The molecule has 10 N–H and O–H groups in total. The van der Waals surface area contributed by atoms with Crippen LogP contribution < -0.4 is 38.5 Å². The van der Waals surface area contributed by atoms with Crippen molar-refractivity contribution in [3.63, 3.8) is 0 Å². The van der Waals surface area contributed by atoms with Crippen LogP contribution in [-0.4, -0.2) is 92.6 Å². The standard InChI is InChI=1S/C23H26FN7O2.C23H27N7O2.C22H26N8O2/c1-12(2)31-22-19(21(25)26-11-27-22)20(29-31)14-7-6-13(15(24)8-14)9-18(32)28-17-10-16(33-30-17)23(3,4)5;1-13(2)30-22-19(21(24)25-12-26-22)20(28-30)15-8-6-14(7-9-15)10-18(31)27-17-11-16(32-29-17)23(3,4)5;1-12(2)30-20-17(19(23)24-11-25-20)18(28-30)13-6-8-14(9-7-13)26-21(31)27-16-10-15(32-29-16)22(3,4)5/h6-8,10-12H,9H2,1-5H3,(H2,25,26,27)(H,28,30,32);6-9,11-13H,10H2,1-5H3,(H2,24,25,26)(H,27,29,31);6-12H,1-5H3,(H2,23,24,25)(H2,26,27,29,31). The second-order valence-corrected chi connectivity index (χ2v) is 27.1. The molecule has 29 heteroatoms. The van der Waals surface area contributed by atoms with Crippen molar-refractivity contribution in [2.75, 3.05) is 38.5 Å². The molecule has 0 atom stereocenters.